The van der Waals surface area contributed by atoms with E-state index in [0.717, 1.165) is 5.39 Å². The minimum absolute atomic E-state index is 0.0879. The lowest BCUT2D eigenvalue weighted by atomic mass is 9.98. The molecular formula is C17H20N2O3. The van der Waals surface area contributed by atoms with Crippen LogP contribution in [0.3, 0.4) is 0 Å². The van der Waals surface area contributed by atoms with Crippen molar-refractivity contribution in [3.8, 4) is 0 Å². The summed E-state index contributed by atoms with van der Waals surface area (Å²) in [7, 11) is 0. The van der Waals surface area contributed by atoms with Gasteiger partial charge in [0.25, 0.3) is 0 Å². The molecule has 2 aromatic rings. The van der Waals surface area contributed by atoms with Gasteiger partial charge in [0, 0.05) is 17.4 Å². The Bertz CT molecular complexity index is 699. The maximum Gasteiger partial charge on any atom is 0.309 e. The van der Waals surface area contributed by atoms with E-state index in [2.05, 4.69) is 10.2 Å². The standard InChI is InChI=1S/C17H20N2O3/c1-11(16(21)22-17(2,3)4)9-15(20)13-10-18-19-14-8-6-5-7-12(13)14/h5-8,10-11H,9H2,1-4H3/t11-/m0/s1. The molecule has 1 atom stereocenters. The van der Waals surface area contributed by atoms with Crippen LogP contribution in [0, 0.1) is 5.92 Å². The lowest BCUT2D eigenvalue weighted by Gasteiger charge is -2.22. The van der Waals surface area contributed by atoms with Crippen LogP contribution < -0.4 is 0 Å². The van der Waals surface area contributed by atoms with Crippen molar-refractivity contribution in [3.05, 3.63) is 36.0 Å². The van der Waals surface area contributed by atoms with E-state index in [1.807, 2.05) is 18.2 Å². The van der Waals surface area contributed by atoms with E-state index in [9.17, 15) is 9.59 Å². The maximum absolute atomic E-state index is 12.5. The van der Waals surface area contributed by atoms with Crippen LogP contribution >= 0.6 is 0 Å². The number of benzene rings is 1. The fourth-order valence-electron chi connectivity index (χ4n) is 2.10. The highest BCUT2D eigenvalue weighted by Crippen LogP contribution is 2.20. The summed E-state index contributed by atoms with van der Waals surface area (Å²) in [5, 5.41) is 8.60. The zero-order chi connectivity index (χ0) is 16.3. The van der Waals surface area contributed by atoms with Gasteiger partial charge in [0.05, 0.1) is 17.6 Å². The second-order valence-corrected chi connectivity index (χ2v) is 6.34. The third-order valence-electron chi connectivity index (χ3n) is 3.15. The number of carbonyl (C=O) groups is 2. The number of hydrogen-bond acceptors (Lipinski definition) is 5. The predicted octanol–water partition coefficient (Wildman–Crippen LogP) is 3.18. The molecule has 0 saturated heterocycles. The molecule has 0 aliphatic carbocycles. The molecule has 0 bridgehead atoms. The van der Waals surface area contributed by atoms with Crippen LogP contribution in [0.1, 0.15) is 44.5 Å². The molecular weight excluding hydrogens is 280 g/mol. The molecule has 1 aromatic carbocycles. The molecule has 1 heterocycles. The topological polar surface area (TPSA) is 69.2 Å². The van der Waals surface area contributed by atoms with Crippen molar-refractivity contribution in [2.24, 2.45) is 5.92 Å². The number of aromatic nitrogens is 2. The molecule has 0 fully saturated rings. The molecule has 0 amide bonds. The Morgan fingerprint density at radius 2 is 1.91 bits per heavy atom. The number of nitrogens with zero attached hydrogens (tertiary/aromatic N) is 2. The van der Waals surface area contributed by atoms with Crippen LogP contribution in [0.2, 0.25) is 0 Å². The Kier molecular flexibility index (Phi) is 4.54. The minimum Gasteiger partial charge on any atom is -0.460 e. The van der Waals surface area contributed by atoms with E-state index < -0.39 is 11.5 Å². The van der Waals surface area contributed by atoms with E-state index in [4.69, 9.17) is 4.74 Å². The molecule has 5 nitrogen and oxygen atoms in total. The first-order chi connectivity index (χ1) is 10.3. The second kappa shape index (κ2) is 6.22. The zero-order valence-corrected chi connectivity index (χ0v) is 13.3. The number of carbonyl (C=O) groups excluding carboxylic acids is 2. The van der Waals surface area contributed by atoms with E-state index in [1.54, 1.807) is 33.8 Å². The summed E-state index contributed by atoms with van der Waals surface area (Å²) in [6.45, 7) is 7.11. The second-order valence-electron chi connectivity index (χ2n) is 6.34. The van der Waals surface area contributed by atoms with Gasteiger partial charge in [-0.2, -0.15) is 10.2 Å². The molecule has 0 aliphatic rings. The van der Waals surface area contributed by atoms with Gasteiger partial charge in [0.1, 0.15) is 5.60 Å². The first-order valence-electron chi connectivity index (χ1n) is 7.24. The number of hydrogen-bond donors (Lipinski definition) is 0. The van der Waals surface area contributed by atoms with Crippen LogP contribution in [-0.2, 0) is 9.53 Å². The first-order valence-corrected chi connectivity index (χ1v) is 7.24. The molecule has 5 heteroatoms. The average molecular weight is 300 g/mol. The molecule has 0 spiro atoms. The van der Waals surface area contributed by atoms with Crippen LogP contribution in [0.5, 0.6) is 0 Å². The smallest absolute Gasteiger partial charge is 0.309 e. The van der Waals surface area contributed by atoms with Crippen LogP contribution in [0.4, 0.5) is 0 Å². The van der Waals surface area contributed by atoms with Crippen molar-refractivity contribution < 1.29 is 14.3 Å². The Morgan fingerprint density at radius 3 is 2.59 bits per heavy atom. The van der Waals surface area contributed by atoms with Crippen LogP contribution in [-0.4, -0.2) is 27.6 Å². The summed E-state index contributed by atoms with van der Waals surface area (Å²) >= 11 is 0. The highest BCUT2D eigenvalue weighted by Gasteiger charge is 2.24. The van der Waals surface area contributed by atoms with Gasteiger partial charge in [-0.3, -0.25) is 9.59 Å². The van der Waals surface area contributed by atoms with Crippen molar-refractivity contribution in [2.45, 2.75) is 39.7 Å². The van der Waals surface area contributed by atoms with Crippen LogP contribution in [0.25, 0.3) is 10.9 Å². The number of esters is 1. The number of ether oxygens (including phenoxy) is 1. The number of ketones is 1. The summed E-state index contributed by atoms with van der Waals surface area (Å²) in [5.41, 5.74) is 0.596. The first kappa shape index (κ1) is 16.1. The zero-order valence-electron chi connectivity index (χ0n) is 13.3. The Balaban J connectivity index is 2.16. The third-order valence-corrected chi connectivity index (χ3v) is 3.15. The summed E-state index contributed by atoms with van der Waals surface area (Å²) in [4.78, 5) is 24.5. The van der Waals surface area contributed by atoms with Crippen molar-refractivity contribution in [3.63, 3.8) is 0 Å². The van der Waals surface area contributed by atoms with Gasteiger partial charge in [-0.25, -0.2) is 0 Å². The SMILES string of the molecule is C[C@@H](CC(=O)c1cnnc2ccccc12)C(=O)OC(C)(C)C. The van der Waals surface area contributed by atoms with Crippen molar-refractivity contribution in [2.75, 3.05) is 0 Å². The van der Waals surface area contributed by atoms with Gasteiger partial charge in [-0.15, -0.1) is 0 Å². The predicted molar refractivity (Wildman–Crippen MR) is 83.5 cm³/mol. The molecule has 0 aliphatic heterocycles. The normalized spacial score (nSPS) is 12.9. The van der Waals surface area contributed by atoms with Gasteiger partial charge >= 0.3 is 5.97 Å². The number of fused-ring (bicyclic) bond motifs is 1. The summed E-state index contributed by atoms with van der Waals surface area (Å²) in [6, 6.07) is 7.32. The number of rotatable bonds is 4. The molecule has 22 heavy (non-hydrogen) atoms. The van der Waals surface area contributed by atoms with Crippen molar-refractivity contribution >= 4 is 22.7 Å². The van der Waals surface area contributed by atoms with E-state index >= 15 is 0 Å². The minimum atomic E-state index is -0.556. The fourth-order valence-corrected chi connectivity index (χ4v) is 2.10. The molecule has 1 aromatic heterocycles. The summed E-state index contributed by atoms with van der Waals surface area (Å²) in [6.07, 6.45) is 1.54. The van der Waals surface area contributed by atoms with Crippen molar-refractivity contribution in [1.29, 1.82) is 0 Å². The lowest BCUT2D eigenvalue weighted by molar-refractivity contribution is -0.159. The molecule has 0 unspecified atom stereocenters. The Morgan fingerprint density at radius 1 is 1.23 bits per heavy atom. The van der Waals surface area contributed by atoms with Gasteiger partial charge in [-0.05, 0) is 26.8 Å². The fraction of sp³-hybridized carbons (Fsp3) is 0.412. The third kappa shape index (κ3) is 3.87. The molecule has 0 saturated carbocycles. The Labute approximate surface area is 129 Å². The van der Waals surface area contributed by atoms with E-state index in [0.29, 0.717) is 11.1 Å². The highest BCUT2D eigenvalue weighted by atomic mass is 16.6. The molecule has 0 N–H and O–H groups in total. The van der Waals surface area contributed by atoms with Gasteiger partial charge in [-0.1, -0.05) is 25.1 Å². The van der Waals surface area contributed by atoms with Crippen LogP contribution in [0.15, 0.2) is 30.5 Å². The van der Waals surface area contributed by atoms with Gasteiger partial charge in [0.2, 0.25) is 0 Å². The number of Topliss-reactive ketones (excluding diaryl/α,β-unsaturated/α-hetero) is 1. The quantitative estimate of drug-likeness (QED) is 0.640. The van der Waals surface area contributed by atoms with Gasteiger partial charge < -0.3 is 4.74 Å². The lowest BCUT2D eigenvalue weighted by Crippen LogP contribution is -2.28. The van der Waals surface area contributed by atoms with Gasteiger partial charge in [0.15, 0.2) is 5.78 Å². The molecule has 116 valence electrons. The van der Waals surface area contributed by atoms with Crippen molar-refractivity contribution in [1.82, 2.24) is 10.2 Å². The van der Waals surface area contributed by atoms with E-state index in [-0.39, 0.29) is 18.2 Å². The summed E-state index contributed by atoms with van der Waals surface area (Å²) in [5.74, 6) is -1.00. The molecule has 2 rings (SSSR count). The Hall–Kier alpha value is -2.30. The largest absolute Gasteiger partial charge is 0.460 e. The molecule has 0 radical (unpaired) electrons. The monoisotopic (exact) mass is 300 g/mol. The average Bonchev–Trinajstić information content (AvgIpc) is 2.44. The summed E-state index contributed by atoms with van der Waals surface area (Å²) < 4.78 is 5.30. The van der Waals surface area contributed by atoms with E-state index in [1.165, 1.54) is 6.20 Å². The maximum atomic E-state index is 12.5. The highest BCUT2D eigenvalue weighted by molar-refractivity contribution is 6.07.